The highest BCUT2D eigenvalue weighted by molar-refractivity contribution is 5.78. The first-order valence-electron chi connectivity index (χ1n) is 12.1. The average Bonchev–Trinajstić information content (AvgIpc) is 3.12. The van der Waals surface area contributed by atoms with Crippen molar-refractivity contribution in [3.8, 4) is 5.75 Å². The molecule has 0 radical (unpaired) electrons. The molecule has 1 unspecified atom stereocenters. The van der Waals surface area contributed by atoms with Crippen LogP contribution in [0.4, 0.5) is 0 Å². The van der Waals surface area contributed by atoms with Crippen LogP contribution in [0.3, 0.4) is 0 Å². The lowest BCUT2D eigenvalue weighted by Crippen LogP contribution is -2.30. The molecule has 0 fully saturated rings. The summed E-state index contributed by atoms with van der Waals surface area (Å²) in [5, 5.41) is 10.8. The van der Waals surface area contributed by atoms with Gasteiger partial charge in [0.15, 0.2) is 5.76 Å². The zero-order chi connectivity index (χ0) is 26.3. The maximum absolute atomic E-state index is 12.8. The van der Waals surface area contributed by atoms with Crippen LogP contribution >= 0.6 is 0 Å². The largest absolute Gasteiger partial charge is 0.502 e. The lowest BCUT2D eigenvalue weighted by atomic mass is 9.91. The van der Waals surface area contributed by atoms with E-state index in [1.807, 2.05) is 12.1 Å². The lowest BCUT2D eigenvalue weighted by molar-refractivity contribution is -0.140. The number of hydrogen-bond acceptors (Lipinski definition) is 7. The number of benzene rings is 2. The maximum atomic E-state index is 12.8. The number of carbonyl (C=O) groups excluding carboxylic acids is 1. The number of fused-ring (bicyclic) bond motifs is 2. The molecule has 3 heterocycles. The molecule has 4 aromatic rings. The zero-order valence-corrected chi connectivity index (χ0v) is 21.1. The third-order valence-electron chi connectivity index (χ3n) is 7.20. The summed E-state index contributed by atoms with van der Waals surface area (Å²) in [6.07, 6.45) is 0.742. The Labute approximate surface area is 213 Å². The van der Waals surface area contributed by atoms with Crippen molar-refractivity contribution < 1.29 is 19.1 Å². The van der Waals surface area contributed by atoms with Gasteiger partial charge in [-0.15, -0.1) is 0 Å². The first-order valence-corrected chi connectivity index (χ1v) is 12.1. The number of aryl methyl sites for hydroxylation is 2. The summed E-state index contributed by atoms with van der Waals surface area (Å²) < 4.78 is 14.1. The predicted octanol–water partition coefficient (Wildman–Crippen LogP) is 2.79. The molecule has 5 rings (SSSR count). The van der Waals surface area contributed by atoms with E-state index in [9.17, 15) is 19.5 Å². The second-order valence-corrected chi connectivity index (χ2v) is 9.50. The number of esters is 1. The second-order valence-electron chi connectivity index (χ2n) is 9.50. The minimum absolute atomic E-state index is 0.00518. The summed E-state index contributed by atoms with van der Waals surface area (Å²) in [4.78, 5) is 39.8. The second kappa shape index (κ2) is 9.74. The fourth-order valence-electron chi connectivity index (χ4n) is 5.13. The Kier molecular flexibility index (Phi) is 6.47. The quantitative estimate of drug-likeness (QED) is 0.403. The Morgan fingerprint density at radius 3 is 2.54 bits per heavy atom. The average molecular weight is 504 g/mol. The van der Waals surface area contributed by atoms with Gasteiger partial charge in [-0.3, -0.25) is 23.6 Å². The van der Waals surface area contributed by atoms with Crippen molar-refractivity contribution in [3.63, 3.8) is 0 Å². The van der Waals surface area contributed by atoms with E-state index in [1.165, 1.54) is 33.4 Å². The molecule has 9 nitrogen and oxygen atoms in total. The minimum Gasteiger partial charge on any atom is -0.502 e. The number of nitrogens with zero attached hydrogens (tertiary/aromatic N) is 3. The molecule has 0 spiro atoms. The van der Waals surface area contributed by atoms with E-state index >= 15 is 0 Å². The molecule has 2 aromatic carbocycles. The molecule has 9 heteroatoms. The number of methoxy groups -OCH3 is 1. The Bertz CT molecular complexity index is 1610. The van der Waals surface area contributed by atoms with Gasteiger partial charge in [0.2, 0.25) is 11.2 Å². The van der Waals surface area contributed by atoms with Crippen molar-refractivity contribution in [2.75, 3.05) is 13.7 Å². The van der Waals surface area contributed by atoms with Crippen LogP contribution in [0.5, 0.6) is 5.75 Å². The smallest absolute Gasteiger partial charge is 0.328 e. The molecule has 1 atom stereocenters. The van der Waals surface area contributed by atoms with Gasteiger partial charge < -0.3 is 14.3 Å². The van der Waals surface area contributed by atoms with Crippen molar-refractivity contribution in [2.45, 2.75) is 31.8 Å². The summed E-state index contributed by atoms with van der Waals surface area (Å²) >= 11 is 0. The highest BCUT2D eigenvalue weighted by Gasteiger charge is 2.28. The maximum Gasteiger partial charge on any atom is 0.328 e. The number of aromatic hydroxyl groups is 1. The van der Waals surface area contributed by atoms with E-state index < -0.39 is 23.1 Å². The van der Waals surface area contributed by atoms with Crippen LogP contribution in [0.25, 0.3) is 11.0 Å². The van der Waals surface area contributed by atoms with Crippen molar-refractivity contribution >= 4 is 17.0 Å². The van der Waals surface area contributed by atoms with Gasteiger partial charge in [-0.25, -0.2) is 4.79 Å². The van der Waals surface area contributed by atoms with Gasteiger partial charge in [0, 0.05) is 33.3 Å². The number of rotatable bonds is 6. The summed E-state index contributed by atoms with van der Waals surface area (Å²) in [5.74, 6) is -1.44. The van der Waals surface area contributed by atoms with E-state index in [0.717, 1.165) is 25.0 Å². The normalized spacial score (nSPS) is 14.5. The van der Waals surface area contributed by atoms with Crippen molar-refractivity contribution in [3.05, 3.63) is 97.4 Å². The Morgan fingerprint density at radius 2 is 1.78 bits per heavy atom. The number of imidazole rings is 1. The van der Waals surface area contributed by atoms with Gasteiger partial charge in [0.25, 0.3) is 0 Å². The van der Waals surface area contributed by atoms with Crippen LogP contribution < -0.4 is 11.1 Å². The summed E-state index contributed by atoms with van der Waals surface area (Å²) in [6.45, 7) is 1.91. The first-order chi connectivity index (χ1) is 17.8. The first kappa shape index (κ1) is 24.6. The molecule has 37 heavy (non-hydrogen) atoms. The van der Waals surface area contributed by atoms with Gasteiger partial charge in [0.1, 0.15) is 5.76 Å². The molecule has 0 aliphatic carbocycles. The highest BCUT2D eigenvalue weighted by Crippen LogP contribution is 2.35. The van der Waals surface area contributed by atoms with Crippen molar-refractivity contribution in [1.29, 1.82) is 0 Å². The molecule has 0 saturated heterocycles. The third kappa shape index (κ3) is 4.58. The van der Waals surface area contributed by atoms with E-state index in [0.29, 0.717) is 23.4 Å². The monoisotopic (exact) mass is 503 g/mol. The SMILES string of the molecule is COC(=O)CC(c1ccc2c(c1)n(C)c(=O)n2C)c1oc(CN2CCc3ccccc3C2)cc(=O)c1O. The van der Waals surface area contributed by atoms with Gasteiger partial charge in [-0.2, -0.15) is 0 Å². The lowest BCUT2D eigenvalue weighted by Gasteiger charge is -2.28. The Morgan fingerprint density at radius 1 is 1.05 bits per heavy atom. The topological polar surface area (TPSA) is 107 Å². The number of hydrogen-bond donors (Lipinski definition) is 1. The van der Waals surface area contributed by atoms with Crippen LogP contribution in [0, 0.1) is 0 Å². The van der Waals surface area contributed by atoms with Crippen LogP contribution in [0.1, 0.15) is 40.5 Å². The number of carbonyl (C=O) groups is 1. The number of aromatic nitrogens is 2. The van der Waals surface area contributed by atoms with Gasteiger partial charge in [-0.05, 0) is 35.2 Å². The van der Waals surface area contributed by atoms with E-state index in [1.54, 1.807) is 32.3 Å². The van der Waals surface area contributed by atoms with Crippen molar-refractivity contribution in [2.24, 2.45) is 14.1 Å². The van der Waals surface area contributed by atoms with Crippen LogP contribution in [-0.2, 0) is 43.1 Å². The summed E-state index contributed by atoms with van der Waals surface area (Å²) in [5.41, 5.74) is 3.79. The van der Waals surface area contributed by atoms with Crippen LogP contribution in [-0.4, -0.2) is 38.8 Å². The Hall–Kier alpha value is -4.11. The Balaban J connectivity index is 1.54. The third-order valence-corrected chi connectivity index (χ3v) is 7.20. The van der Waals surface area contributed by atoms with Gasteiger partial charge in [0.05, 0.1) is 37.0 Å². The molecule has 0 amide bonds. The molecule has 1 aliphatic heterocycles. The summed E-state index contributed by atoms with van der Waals surface area (Å²) in [7, 11) is 4.63. The molecular weight excluding hydrogens is 474 g/mol. The van der Waals surface area contributed by atoms with Gasteiger partial charge in [-0.1, -0.05) is 30.3 Å². The number of ether oxygens (including phenoxy) is 1. The predicted molar refractivity (Wildman–Crippen MR) is 138 cm³/mol. The van der Waals surface area contributed by atoms with E-state index in [-0.39, 0.29) is 17.9 Å². The fraction of sp³-hybridized carbons (Fsp3) is 0.321. The fourth-order valence-corrected chi connectivity index (χ4v) is 5.13. The van der Waals surface area contributed by atoms with Gasteiger partial charge >= 0.3 is 11.7 Å². The summed E-state index contributed by atoms with van der Waals surface area (Å²) in [6, 6.07) is 14.9. The zero-order valence-electron chi connectivity index (χ0n) is 21.1. The van der Waals surface area contributed by atoms with E-state index in [2.05, 4.69) is 17.0 Å². The minimum atomic E-state index is -0.790. The molecule has 1 N–H and O–H groups in total. The van der Waals surface area contributed by atoms with E-state index in [4.69, 9.17) is 9.15 Å². The van der Waals surface area contributed by atoms with Crippen molar-refractivity contribution in [1.82, 2.24) is 14.0 Å². The molecule has 2 aromatic heterocycles. The standard InChI is InChI=1S/C28H29N3O6/c1-29-22-9-8-18(12-23(22)30(2)28(29)35)21(14-25(33)36-3)27-26(34)24(32)13-20(37-27)16-31-11-10-17-6-4-5-7-19(17)15-31/h4-9,12-13,21,34H,10-11,14-16H2,1-3H3. The molecular formula is C28H29N3O6. The molecule has 0 bridgehead atoms. The molecule has 192 valence electrons. The molecule has 0 saturated carbocycles. The van der Waals surface area contributed by atoms with Crippen LogP contribution in [0.15, 0.2) is 62.5 Å². The van der Waals surface area contributed by atoms with Crippen LogP contribution in [0.2, 0.25) is 0 Å². The molecule has 1 aliphatic rings. The highest BCUT2D eigenvalue weighted by atomic mass is 16.5.